The number of hydrogen-bond acceptors (Lipinski definition) is 5. The van der Waals surface area contributed by atoms with E-state index in [-0.39, 0.29) is 11.9 Å². The van der Waals surface area contributed by atoms with Gasteiger partial charge in [0.2, 0.25) is 0 Å². The van der Waals surface area contributed by atoms with Gasteiger partial charge >= 0.3 is 0 Å². The molecule has 2 bridgehead atoms. The van der Waals surface area contributed by atoms with Crippen molar-refractivity contribution in [2.24, 2.45) is 0 Å². The van der Waals surface area contributed by atoms with Crippen molar-refractivity contribution in [3.8, 4) is 11.5 Å². The zero-order chi connectivity index (χ0) is 27.4. The van der Waals surface area contributed by atoms with Crippen molar-refractivity contribution in [3.05, 3.63) is 57.6 Å². The van der Waals surface area contributed by atoms with Crippen LogP contribution in [0.1, 0.15) is 78.5 Å². The summed E-state index contributed by atoms with van der Waals surface area (Å²) in [5.74, 6) is 1.52. The minimum absolute atomic E-state index is 0.0655. The summed E-state index contributed by atoms with van der Waals surface area (Å²) in [5, 5.41) is 3.73. The smallest absolute Gasteiger partial charge is 0.251 e. The number of nitrogens with one attached hydrogen (secondary N) is 1. The van der Waals surface area contributed by atoms with Crippen LogP contribution >= 0.6 is 11.6 Å². The van der Waals surface area contributed by atoms with E-state index >= 15 is 0 Å². The standard InChI is InChI=1S/C31H44ClN3O3/c1-20-21(2)29(38-16-8-7-15-34(4)5)14-12-27(20)22(3)35-25-10-11-26(35)19-24(18-25)33-31(36)23-9-13-30(37-6)28(32)17-23/h9,12-14,17,22,24-26H,7-8,10-11,15-16,18-19H2,1-6H3,(H,33,36). The Hall–Kier alpha value is -2.28. The highest BCUT2D eigenvalue weighted by atomic mass is 35.5. The summed E-state index contributed by atoms with van der Waals surface area (Å²) in [6.07, 6.45) is 6.53. The van der Waals surface area contributed by atoms with E-state index in [4.69, 9.17) is 21.1 Å². The summed E-state index contributed by atoms with van der Waals surface area (Å²) in [6, 6.07) is 11.1. The van der Waals surface area contributed by atoms with Crippen LogP contribution in [0.25, 0.3) is 0 Å². The first-order valence-electron chi connectivity index (χ1n) is 14.0. The van der Waals surface area contributed by atoms with Crippen molar-refractivity contribution in [3.63, 3.8) is 0 Å². The lowest BCUT2D eigenvalue weighted by atomic mass is 9.91. The molecule has 1 N–H and O–H groups in total. The fourth-order valence-electron chi connectivity index (χ4n) is 6.34. The topological polar surface area (TPSA) is 54.0 Å². The zero-order valence-corrected chi connectivity index (χ0v) is 24.6. The minimum Gasteiger partial charge on any atom is -0.495 e. The van der Waals surface area contributed by atoms with Gasteiger partial charge in [-0.05, 0) is 121 Å². The molecule has 3 unspecified atom stereocenters. The number of benzene rings is 2. The molecule has 2 aromatic carbocycles. The van der Waals surface area contributed by atoms with Crippen LogP contribution in [0.3, 0.4) is 0 Å². The second kappa shape index (κ2) is 12.7. The molecule has 2 aromatic rings. The van der Waals surface area contributed by atoms with Gasteiger partial charge in [-0.15, -0.1) is 0 Å². The van der Waals surface area contributed by atoms with Crippen LogP contribution in [-0.4, -0.2) is 68.2 Å². The first-order valence-corrected chi connectivity index (χ1v) is 14.4. The van der Waals surface area contributed by atoms with Crippen molar-refractivity contribution >= 4 is 17.5 Å². The second-order valence-corrected chi connectivity index (χ2v) is 11.7. The van der Waals surface area contributed by atoms with E-state index < -0.39 is 0 Å². The first-order chi connectivity index (χ1) is 18.2. The molecule has 0 radical (unpaired) electrons. The monoisotopic (exact) mass is 541 g/mol. The minimum atomic E-state index is -0.0655. The van der Waals surface area contributed by atoms with Gasteiger partial charge in [-0.1, -0.05) is 17.7 Å². The molecule has 0 aromatic heterocycles. The van der Waals surface area contributed by atoms with Gasteiger partial charge in [0.05, 0.1) is 18.7 Å². The van der Waals surface area contributed by atoms with Gasteiger partial charge in [0, 0.05) is 29.7 Å². The summed E-state index contributed by atoms with van der Waals surface area (Å²) in [4.78, 5) is 17.9. The lowest BCUT2D eigenvalue weighted by Gasteiger charge is -2.43. The van der Waals surface area contributed by atoms with Crippen molar-refractivity contribution in [2.45, 2.75) is 83.5 Å². The predicted molar refractivity (Wildman–Crippen MR) is 155 cm³/mol. The van der Waals surface area contributed by atoms with Crippen LogP contribution in [-0.2, 0) is 0 Å². The molecule has 6 nitrogen and oxygen atoms in total. The molecule has 3 atom stereocenters. The highest BCUT2D eigenvalue weighted by Crippen LogP contribution is 2.43. The van der Waals surface area contributed by atoms with Gasteiger partial charge in [0.1, 0.15) is 11.5 Å². The molecule has 2 heterocycles. The Morgan fingerprint density at radius 3 is 2.39 bits per heavy atom. The van der Waals surface area contributed by atoms with E-state index in [1.54, 1.807) is 25.3 Å². The second-order valence-electron chi connectivity index (χ2n) is 11.3. The van der Waals surface area contributed by atoms with E-state index in [1.165, 1.54) is 29.5 Å². The van der Waals surface area contributed by atoms with Gasteiger partial charge < -0.3 is 19.7 Å². The van der Waals surface area contributed by atoms with Crippen molar-refractivity contribution in [2.75, 3.05) is 34.4 Å². The molecule has 7 heteroatoms. The molecule has 0 aliphatic carbocycles. The third kappa shape index (κ3) is 6.47. The molecule has 0 spiro atoms. The summed E-state index contributed by atoms with van der Waals surface area (Å²) in [7, 11) is 5.79. The van der Waals surface area contributed by atoms with Crippen molar-refractivity contribution < 1.29 is 14.3 Å². The third-order valence-corrected chi connectivity index (χ3v) is 8.77. The van der Waals surface area contributed by atoms with Gasteiger partial charge in [0.25, 0.3) is 5.91 Å². The van der Waals surface area contributed by atoms with E-state index in [0.29, 0.717) is 34.5 Å². The Bertz CT molecular complexity index is 1110. The maximum Gasteiger partial charge on any atom is 0.251 e. The lowest BCUT2D eigenvalue weighted by Crippen LogP contribution is -2.51. The van der Waals surface area contributed by atoms with E-state index in [9.17, 15) is 4.79 Å². The van der Waals surface area contributed by atoms with E-state index in [2.05, 4.69) is 62.1 Å². The van der Waals surface area contributed by atoms with Crippen molar-refractivity contribution in [1.82, 2.24) is 15.1 Å². The Balaban J connectivity index is 1.37. The fourth-order valence-corrected chi connectivity index (χ4v) is 6.60. The maximum absolute atomic E-state index is 13.0. The number of ether oxygens (including phenoxy) is 2. The Morgan fingerprint density at radius 1 is 1.08 bits per heavy atom. The predicted octanol–water partition coefficient (Wildman–Crippen LogP) is 6.17. The summed E-state index contributed by atoms with van der Waals surface area (Å²) >= 11 is 6.25. The molecule has 2 aliphatic rings. The van der Waals surface area contributed by atoms with Crippen LogP contribution in [0.5, 0.6) is 11.5 Å². The quantitative estimate of drug-likeness (QED) is 0.345. The van der Waals surface area contributed by atoms with Crippen LogP contribution in [0.2, 0.25) is 5.02 Å². The molecule has 1 amide bonds. The maximum atomic E-state index is 13.0. The van der Waals surface area contributed by atoms with Crippen molar-refractivity contribution in [1.29, 1.82) is 0 Å². The van der Waals surface area contributed by atoms with Gasteiger partial charge in [0.15, 0.2) is 0 Å². The highest BCUT2D eigenvalue weighted by Gasteiger charge is 2.43. The first kappa shape index (κ1) is 28.7. The summed E-state index contributed by atoms with van der Waals surface area (Å²) < 4.78 is 11.4. The molecule has 38 heavy (non-hydrogen) atoms. The van der Waals surface area contributed by atoms with Crippen LogP contribution in [0.15, 0.2) is 30.3 Å². The average Bonchev–Trinajstić information content (AvgIpc) is 3.15. The largest absolute Gasteiger partial charge is 0.495 e. The Kier molecular flexibility index (Phi) is 9.61. The highest BCUT2D eigenvalue weighted by molar-refractivity contribution is 6.32. The number of unbranched alkanes of at least 4 members (excludes halogenated alkanes) is 1. The Labute approximate surface area is 233 Å². The van der Waals surface area contributed by atoms with E-state index in [0.717, 1.165) is 44.6 Å². The molecular formula is C31H44ClN3O3. The molecule has 208 valence electrons. The summed E-state index contributed by atoms with van der Waals surface area (Å²) in [5.41, 5.74) is 4.53. The van der Waals surface area contributed by atoms with Crippen LogP contribution in [0.4, 0.5) is 0 Å². The van der Waals surface area contributed by atoms with Gasteiger partial charge in [-0.2, -0.15) is 0 Å². The molecule has 2 saturated heterocycles. The van der Waals surface area contributed by atoms with Crippen LogP contribution in [0, 0.1) is 13.8 Å². The number of carbonyl (C=O) groups is 1. The number of amides is 1. The lowest BCUT2D eigenvalue weighted by molar-refractivity contribution is 0.0689. The number of carbonyl (C=O) groups excluding carboxylic acids is 1. The number of halogens is 1. The van der Waals surface area contributed by atoms with Gasteiger partial charge in [-0.25, -0.2) is 0 Å². The number of hydrogen-bond donors (Lipinski definition) is 1. The number of methoxy groups -OCH3 is 1. The zero-order valence-electron chi connectivity index (χ0n) is 23.9. The molecule has 2 fully saturated rings. The number of nitrogens with zero attached hydrogens (tertiary/aromatic N) is 2. The molecule has 2 aliphatic heterocycles. The van der Waals surface area contributed by atoms with Gasteiger partial charge in [-0.3, -0.25) is 9.69 Å². The van der Waals surface area contributed by atoms with E-state index in [1.807, 2.05) is 0 Å². The normalized spacial score (nSPS) is 21.9. The molecule has 4 rings (SSSR count). The molecular weight excluding hydrogens is 498 g/mol. The number of rotatable bonds is 11. The number of fused-ring (bicyclic) bond motifs is 2. The van der Waals surface area contributed by atoms with Crippen LogP contribution < -0.4 is 14.8 Å². The Morgan fingerprint density at radius 2 is 1.76 bits per heavy atom. The fraction of sp³-hybridized carbons (Fsp3) is 0.581. The third-order valence-electron chi connectivity index (χ3n) is 8.47. The summed E-state index contributed by atoms with van der Waals surface area (Å²) in [6.45, 7) is 8.61. The SMILES string of the molecule is COc1ccc(C(=O)NC2CC3CCC(C2)N3C(C)c2ccc(OCCCCN(C)C)c(C)c2C)cc1Cl. The number of piperidine rings is 1. The molecule has 0 saturated carbocycles. The average molecular weight is 542 g/mol.